The highest BCUT2D eigenvalue weighted by molar-refractivity contribution is 9.10. The smallest absolute Gasteiger partial charge is 0.160 e. The Morgan fingerprint density at radius 3 is 2.64 bits per heavy atom. The Morgan fingerprint density at radius 1 is 1.09 bits per heavy atom. The lowest BCUT2D eigenvalue weighted by molar-refractivity contribution is 0.857. The summed E-state index contributed by atoms with van der Waals surface area (Å²) in [6.07, 6.45) is 3.30. The molecule has 0 aliphatic carbocycles. The third kappa shape index (κ3) is 2.95. The molecule has 4 nitrogen and oxygen atoms in total. The van der Waals surface area contributed by atoms with Crippen LogP contribution in [0.3, 0.4) is 0 Å². The lowest BCUT2D eigenvalue weighted by Crippen LogP contribution is -1.99. The summed E-state index contributed by atoms with van der Waals surface area (Å²) in [5.74, 6) is 1.24. The van der Waals surface area contributed by atoms with Crippen LogP contribution in [0.15, 0.2) is 41.3 Å². The maximum absolute atomic E-state index is 4.41. The van der Waals surface area contributed by atoms with Gasteiger partial charge in [0.15, 0.2) is 5.82 Å². The van der Waals surface area contributed by atoms with Crippen molar-refractivity contribution in [1.82, 2.24) is 15.0 Å². The van der Waals surface area contributed by atoms with Crippen molar-refractivity contribution >= 4 is 38.5 Å². The molecule has 0 bridgehead atoms. The van der Waals surface area contributed by atoms with Crippen LogP contribution >= 0.6 is 15.9 Å². The SMILES string of the molecule is Cc1cc(Nc2ncnc3cc(Br)cnc23)ccc1C(C)C. The van der Waals surface area contributed by atoms with Gasteiger partial charge in [0.05, 0.1) is 5.52 Å². The molecule has 0 saturated heterocycles. The first-order valence-corrected chi connectivity index (χ1v) is 7.97. The number of nitrogens with zero attached hydrogens (tertiary/aromatic N) is 3. The van der Waals surface area contributed by atoms with E-state index in [1.807, 2.05) is 6.07 Å². The summed E-state index contributed by atoms with van der Waals surface area (Å²) >= 11 is 3.41. The molecule has 3 aromatic rings. The lowest BCUT2D eigenvalue weighted by Gasteiger charge is -2.13. The fourth-order valence-corrected chi connectivity index (χ4v) is 2.87. The molecule has 0 aliphatic heterocycles. The summed E-state index contributed by atoms with van der Waals surface area (Å²) in [7, 11) is 0. The first-order valence-electron chi connectivity index (χ1n) is 7.18. The Morgan fingerprint density at radius 2 is 1.91 bits per heavy atom. The molecule has 2 heterocycles. The van der Waals surface area contributed by atoms with Crippen LogP contribution in [-0.2, 0) is 0 Å². The van der Waals surface area contributed by atoms with Gasteiger partial charge in [-0.25, -0.2) is 15.0 Å². The standard InChI is InChI=1S/C17H17BrN4/c1-10(2)14-5-4-13(6-11(14)3)22-17-16-15(20-9-21-17)7-12(18)8-19-16/h4-10H,1-3H3,(H,20,21,22). The average Bonchev–Trinajstić information content (AvgIpc) is 2.47. The molecule has 22 heavy (non-hydrogen) atoms. The highest BCUT2D eigenvalue weighted by atomic mass is 79.9. The monoisotopic (exact) mass is 356 g/mol. The summed E-state index contributed by atoms with van der Waals surface area (Å²) < 4.78 is 0.904. The van der Waals surface area contributed by atoms with Gasteiger partial charge < -0.3 is 5.32 Å². The van der Waals surface area contributed by atoms with Crippen LogP contribution in [0.5, 0.6) is 0 Å². The van der Waals surface area contributed by atoms with Gasteiger partial charge in [0.2, 0.25) is 0 Å². The van der Waals surface area contributed by atoms with Crippen molar-refractivity contribution in [2.24, 2.45) is 0 Å². The van der Waals surface area contributed by atoms with E-state index in [-0.39, 0.29) is 0 Å². The van der Waals surface area contributed by atoms with E-state index in [0.717, 1.165) is 21.2 Å². The molecule has 0 amide bonds. The molecule has 0 unspecified atom stereocenters. The number of anilines is 2. The van der Waals surface area contributed by atoms with Crippen molar-refractivity contribution in [2.45, 2.75) is 26.7 Å². The molecule has 3 rings (SSSR count). The Bertz CT molecular complexity index is 830. The highest BCUT2D eigenvalue weighted by Gasteiger charge is 2.08. The first-order chi connectivity index (χ1) is 10.5. The zero-order valence-electron chi connectivity index (χ0n) is 12.8. The predicted molar refractivity (Wildman–Crippen MR) is 93.6 cm³/mol. The minimum Gasteiger partial charge on any atom is -0.338 e. The fourth-order valence-electron chi connectivity index (χ4n) is 2.55. The van der Waals surface area contributed by atoms with E-state index in [1.54, 1.807) is 12.5 Å². The number of rotatable bonds is 3. The molecule has 5 heteroatoms. The van der Waals surface area contributed by atoms with E-state index in [1.165, 1.54) is 11.1 Å². The molecule has 0 spiro atoms. The van der Waals surface area contributed by atoms with Crippen LogP contribution in [0.25, 0.3) is 11.0 Å². The van der Waals surface area contributed by atoms with Gasteiger partial charge >= 0.3 is 0 Å². The second-order valence-corrected chi connectivity index (χ2v) is 6.51. The molecule has 0 radical (unpaired) electrons. The fraction of sp³-hybridized carbons (Fsp3) is 0.235. The molecule has 1 N–H and O–H groups in total. The second kappa shape index (κ2) is 6.01. The van der Waals surface area contributed by atoms with Gasteiger partial charge in [0, 0.05) is 16.4 Å². The number of nitrogens with one attached hydrogen (secondary N) is 1. The predicted octanol–water partition coefficient (Wildman–Crippen LogP) is 4.96. The summed E-state index contributed by atoms with van der Waals surface area (Å²) in [5, 5.41) is 3.34. The van der Waals surface area contributed by atoms with E-state index in [4.69, 9.17) is 0 Å². The molecular weight excluding hydrogens is 340 g/mol. The number of fused-ring (bicyclic) bond motifs is 1. The second-order valence-electron chi connectivity index (χ2n) is 5.59. The van der Waals surface area contributed by atoms with Crippen molar-refractivity contribution < 1.29 is 0 Å². The number of halogens is 1. The lowest BCUT2D eigenvalue weighted by atomic mass is 9.98. The first kappa shape index (κ1) is 14.9. The van der Waals surface area contributed by atoms with E-state index < -0.39 is 0 Å². The average molecular weight is 357 g/mol. The van der Waals surface area contributed by atoms with Crippen LogP contribution in [0.1, 0.15) is 30.9 Å². The van der Waals surface area contributed by atoms with E-state index >= 15 is 0 Å². The van der Waals surface area contributed by atoms with Crippen molar-refractivity contribution in [1.29, 1.82) is 0 Å². The van der Waals surface area contributed by atoms with Crippen LogP contribution in [0.4, 0.5) is 11.5 Å². The van der Waals surface area contributed by atoms with Crippen LogP contribution in [0.2, 0.25) is 0 Å². The summed E-state index contributed by atoms with van der Waals surface area (Å²) in [5.41, 5.74) is 5.21. The molecule has 0 fully saturated rings. The largest absolute Gasteiger partial charge is 0.338 e. The van der Waals surface area contributed by atoms with Crippen molar-refractivity contribution in [3.05, 3.63) is 52.4 Å². The number of benzene rings is 1. The number of pyridine rings is 1. The normalized spacial score (nSPS) is 11.1. The molecule has 2 aromatic heterocycles. The summed E-state index contributed by atoms with van der Waals surface area (Å²) in [4.78, 5) is 13.0. The maximum Gasteiger partial charge on any atom is 0.160 e. The van der Waals surface area contributed by atoms with E-state index in [0.29, 0.717) is 11.7 Å². The van der Waals surface area contributed by atoms with Crippen LogP contribution < -0.4 is 5.32 Å². The maximum atomic E-state index is 4.41. The molecule has 112 valence electrons. The zero-order chi connectivity index (χ0) is 15.7. The van der Waals surface area contributed by atoms with Crippen LogP contribution in [0, 0.1) is 6.92 Å². The minimum absolute atomic E-state index is 0.521. The van der Waals surface area contributed by atoms with Gasteiger partial charge in [-0.05, 0) is 58.1 Å². The quantitative estimate of drug-likeness (QED) is 0.720. The Labute approximate surface area is 138 Å². The Balaban J connectivity index is 1.98. The van der Waals surface area contributed by atoms with Gasteiger partial charge in [0.25, 0.3) is 0 Å². The molecule has 0 aliphatic rings. The Hall–Kier alpha value is -2.01. The topological polar surface area (TPSA) is 50.7 Å². The molecular formula is C17H17BrN4. The van der Waals surface area contributed by atoms with Gasteiger partial charge in [-0.15, -0.1) is 0 Å². The number of aromatic nitrogens is 3. The zero-order valence-corrected chi connectivity index (χ0v) is 14.3. The number of aryl methyl sites for hydroxylation is 1. The van der Waals surface area contributed by atoms with Gasteiger partial charge in [-0.2, -0.15) is 0 Å². The van der Waals surface area contributed by atoms with Crippen molar-refractivity contribution in [3.8, 4) is 0 Å². The molecule has 1 aromatic carbocycles. The summed E-state index contributed by atoms with van der Waals surface area (Å²) in [6, 6.07) is 8.31. The van der Waals surface area contributed by atoms with Crippen molar-refractivity contribution in [2.75, 3.05) is 5.32 Å². The van der Waals surface area contributed by atoms with Gasteiger partial charge in [-0.1, -0.05) is 19.9 Å². The summed E-state index contributed by atoms with van der Waals surface area (Å²) in [6.45, 7) is 6.54. The van der Waals surface area contributed by atoms with Crippen LogP contribution in [-0.4, -0.2) is 15.0 Å². The number of hydrogen-bond donors (Lipinski definition) is 1. The van der Waals surface area contributed by atoms with Gasteiger partial charge in [-0.3, -0.25) is 0 Å². The van der Waals surface area contributed by atoms with Gasteiger partial charge in [0.1, 0.15) is 11.8 Å². The Kier molecular flexibility index (Phi) is 4.07. The van der Waals surface area contributed by atoms with E-state index in [9.17, 15) is 0 Å². The number of hydrogen-bond acceptors (Lipinski definition) is 4. The van der Waals surface area contributed by atoms with E-state index in [2.05, 4.69) is 75.2 Å². The third-order valence-electron chi connectivity index (χ3n) is 3.60. The highest BCUT2D eigenvalue weighted by Crippen LogP contribution is 2.26. The third-order valence-corrected chi connectivity index (χ3v) is 4.03. The molecule has 0 saturated carbocycles. The molecule has 0 atom stereocenters. The minimum atomic E-state index is 0.521. The van der Waals surface area contributed by atoms with Crippen molar-refractivity contribution in [3.63, 3.8) is 0 Å².